The van der Waals surface area contributed by atoms with Crippen molar-refractivity contribution in [2.75, 3.05) is 23.7 Å². The van der Waals surface area contributed by atoms with Gasteiger partial charge in [0.15, 0.2) is 0 Å². The predicted molar refractivity (Wildman–Crippen MR) is 73.8 cm³/mol. The van der Waals surface area contributed by atoms with Gasteiger partial charge >= 0.3 is 0 Å². The molecule has 1 heterocycles. The van der Waals surface area contributed by atoms with Crippen LogP contribution in [0.1, 0.15) is 24.2 Å². The molecule has 1 fully saturated rings. The average Bonchev–Trinajstić information content (AvgIpc) is 2.33. The number of nitrogens with one attached hydrogen (secondary N) is 1. The number of piperazine rings is 1. The molecule has 0 saturated carbocycles. The van der Waals surface area contributed by atoms with Crippen molar-refractivity contribution in [2.24, 2.45) is 5.73 Å². The summed E-state index contributed by atoms with van der Waals surface area (Å²) in [4.78, 5) is 25.2. The molecule has 0 spiro atoms. The normalized spacial score (nSPS) is 18.0. The van der Waals surface area contributed by atoms with Crippen molar-refractivity contribution in [3.05, 3.63) is 23.8 Å². The lowest BCUT2D eigenvalue weighted by molar-refractivity contribution is -0.126. The fourth-order valence-electron chi connectivity index (χ4n) is 2.32. The van der Waals surface area contributed by atoms with Gasteiger partial charge in [-0.2, -0.15) is 0 Å². The molecule has 1 aromatic carbocycles. The van der Waals surface area contributed by atoms with Crippen LogP contribution >= 0.6 is 0 Å². The molecule has 1 aliphatic heterocycles. The van der Waals surface area contributed by atoms with E-state index in [1.54, 1.807) is 18.2 Å². The molecule has 0 aliphatic carbocycles. The lowest BCUT2D eigenvalue weighted by Crippen LogP contribution is -2.62. The summed E-state index contributed by atoms with van der Waals surface area (Å²) in [6, 6.07) is 5.09. The topological polar surface area (TPSA) is 101 Å². The lowest BCUT2D eigenvalue weighted by atomic mass is 9.96. The maximum absolute atomic E-state index is 11.9. The van der Waals surface area contributed by atoms with Crippen LogP contribution in [0.4, 0.5) is 11.4 Å². The summed E-state index contributed by atoms with van der Waals surface area (Å²) in [5.41, 5.74) is 11.8. The zero-order valence-electron chi connectivity index (χ0n) is 11.1. The molecule has 19 heavy (non-hydrogen) atoms. The van der Waals surface area contributed by atoms with Crippen LogP contribution in [0.3, 0.4) is 0 Å². The second-order valence-electron chi connectivity index (χ2n) is 5.07. The molecule has 6 nitrogen and oxygen atoms in total. The average molecular weight is 262 g/mol. The number of nitrogen functional groups attached to an aromatic ring is 1. The van der Waals surface area contributed by atoms with E-state index in [1.165, 1.54) is 0 Å². The Hall–Kier alpha value is -2.24. The summed E-state index contributed by atoms with van der Waals surface area (Å²) in [5, 5.41) is 2.82. The van der Waals surface area contributed by atoms with E-state index in [4.69, 9.17) is 11.5 Å². The highest BCUT2D eigenvalue weighted by molar-refractivity contribution is 6.02. The number of carbonyl (C=O) groups is 2. The molecular weight excluding hydrogens is 244 g/mol. The number of carbonyl (C=O) groups excluding carboxylic acids is 2. The largest absolute Gasteiger partial charge is 0.396 e. The van der Waals surface area contributed by atoms with Gasteiger partial charge in [0.1, 0.15) is 5.54 Å². The summed E-state index contributed by atoms with van der Waals surface area (Å²) in [7, 11) is 0. The number of para-hydroxylation sites is 1. The Morgan fingerprint density at radius 1 is 1.42 bits per heavy atom. The minimum Gasteiger partial charge on any atom is -0.396 e. The van der Waals surface area contributed by atoms with E-state index >= 15 is 0 Å². The molecular formula is C13H18N4O2. The molecule has 0 unspecified atom stereocenters. The van der Waals surface area contributed by atoms with E-state index in [9.17, 15) is 9.59 Å². The zero-order valence-corrected chi connectivity index (χ0v) is 11.1. The SMILES string of the molecule is CC1(C)C(=O)NCCN1c1cccc(C(N)=O)c1N. The third kappa shape index (κ3) is 2.09. The molecule has 1 saturated heterocycles. The van der Waals surface area contributed by atoms with Gasteiger partial charge in [-0.15, -0.1) is 0 Å². The van der Waals surface area contributed by atoms with Crippen molar-refractivity contribution in [1.29, 1.82) is 0 Å². The van der Waals surface area contributed by atoms with Gasteiger partial charge in [-0.05, 0) is 26.0 Å². The van der Waals surface area contributed by atoms with Gasteiger partial charge in [0.25, 0.3) is 5.91 Å². The predicted octanol–water partition coefficient (Wildman–Crippen LogP) is 0.0825. The first-order valence-corrected chi connectivity index (χ1v) is 6.10. The van der Waals surface area contributed by atoms with Crippen molar-refractivity contribution in [2.45, 2.75) is 19.4 Å². The number of hydrogen-bond acceptors (Lipinski definition) is 4. The number of rotatable bonds is 2. The van der Waals surface area contributed by atoms with Crippen molar-refractivity contribution in [1.82, 2.24) is 5.32 Å². The number of primary amides is 1. The zero-order chi connectivity index (χ0) is 14.2. The Morgan fingerprint density at radius 3 is 2.74 bits per heavy atom. The smallest absolute Gasteiger partial charge is 0.250 e. The summed E-state index contributed by atoms with van der Waals surface area (Å²) in [6.07, 6.45) is 0. The standard InChI is InChI=1S/C13H18N4O2/c1-13(2)12(19)16-6-7-17(13)9-5-3-4-8(10(9)14)11(15)18/h3-5H,6-7,14H2,1-2H3,(H2,15,18)(H,16,19). The fourth-order valence-corrected chi connectivity index (χ4v) is 2.32. The van der Waals surface area contributed by atoms with Crippen LogP contribution in [0, 0.1) is 0 Å². The Morgan fingerprint density at radius 2 is 2.11 bits per heavy atom. The Kier molecular flexibility index (Phi) is 3.09. The maximum atomic E-state index is 11.9. The highest BCUT2D eigenvalue weighted by Gasteiger charge is 2.38. The highest BCUT2D eigenvalue weighted by atomic mass is 16.2. The number of benzene rings is 1. The van der Waals surface area contributed by atoms with E-state index < -0.39 is 11.4 Å². The lowest BCUT2D eigenvalue weighted by Gasteiger charge is -2.43. The summed E-state index contributed by atoms with van der Waals surface area (Å²) >= 11 is 0. The fraction of sp³-hybridized carbons (Fsp3) is 0.385. The first-order chi connectivity index (χ1) is 8.85. The van der Waals surface area contributed by atoms with E-state index in [1.807, 2.05) is 18.7 Å². The van der Waals surface area contributed by atoms with Crippen LogP contribution < -0.4 is 21.7 Å². The van der Waals surface area contributed by atoms with Crippen LogP contribution in [0.2, 0.25) is 0 Å². The second-order valence-corrected chi connectivity index (χ2v) is 5.07. The van der Waals surface area contributed by atoms with Crippen LogP contribution in [0.25, 0.3) is 0 Å². The van der Waals surface area contributed by atoms with Crippen molar-refractivity contribution < 1.29 is 9.59 Å². The van der Waals surface area contributed by atoms with Crippen molar-refractivity contribution >= 4 is 23.2 Å². The van der Waals surface area contributed by atoms with Crippen molar-refractivity contribution in [3.8, 4) is 0 Å². The van der Waals surface area contributed by atoms with Crippen molar-refractivity contribution in [3.63, 3.8) is 0 Å². The molecule has 6 heteroatoms. The molecule has 102 valence electrons. The molecule has 0 atom stereocenters. The molecule has 0 bridgehead atoms. The Balaban J connectivity index is 2.50. The molecule has 1 aliphatic rings. The number of nitrogens with zero attached hydrogens (tertiary/aromatic N) is 1. The molecule has 2 rings (SSSR count). The van der Waals surface area contributed by atoms with Gasteiger partial charge in [-0.1, -0.05) is 6.07 Å². The number of anilines is 2. The summed E-state index contributed by atoms with van der Waals surface area (Å²) in [6.45, 7) is 4.81. The van der Waals surface area contributed by atoms with Crippen LogP contribution in [0.15, 0.2) is 18.2 Å². The van der Waals surface area contributed by atoms with Gasteiger partial charge in [0.05, 0.1) is 16.9 Å². The monoisotopic (exact) mass is 262 g/mol. The minimum absolute atomic E-state index is 0.0670. The van der Waals surface area contributed by atoms with Gasteiger partial charge in [-0.3, -0.25) is 9.59 Å². The summed E-state index contributed by atoms with van der Waals surface area (Å²) < 4.78 is 0. The van der Waals surface area contributed by atoms with Gasteiger partial charge < -0.3 is 21.7 Å². The highest BCUT2D eigenvalue weighted by Crippen LogP contribution is 2.32. The third-order valence-electron chi connectivity index (χ3n) is 3.49. The van der Waals surface area contributed by atoms with E-state index in [0.29, 0.717) is 24.5 Å². The van der Waals surface area contributed by atoms with Gasteiger partial charge in [-0.25, -0.2) is 0 Å². The third-order valence-corrected chi connectivity index (χ3v) is 3.49. The number of hydrogen-bond donors (Lipinski definition) is 3. The van der Waals surface area contributed by atoms with E-state index in [2.05, 4.69) is 5.32 Å². The van der Waals surface area contributed by atoms with Gasteiger partial charge in [0, 0.05) is 13.1 Å². The Bertz CT molecular complexity index is 539. The van der Waals surface area contributed by atoms with Crippen LogP contribution in [0.5, 0.6) is 0 Å². The Labute approximate surface area is 111 Å². The molecule has 0 radical (unpaired) electrons. The van der Waals surface area contributed by atoms with E-state index in [-0.39, 0.29) is 11.5 Å². The second kappa shape index (κ2) is 4.46. The molecule has 1 aromatic rings. The quantitative estimate of drug-likeness (QED) is 0.657. The van der Waals surface area contributed by atoms with Crippen LogP contribution in [-0.2, 0) is 4.79 Å². The maximum Gasteiger partial charge on any atom is 0.250 e. The summed E-state index contributed by atoms with van der Waals surface area (Å²) in [5.74, 6) is -0.638. The molecule has 2 amide bonds. The molecule has 5 N–H and O–H groups in total. The first kappa shape index (κ1) is 13.2. The first-order valence-electron chi connectivity index (χ1n) is 6.10. The van der Waals surface area contributed by atoms with Gasteiger partial charge in [0.2, 0.25) is 5.91 Å². The van der Waals surface area contributed by atoms with Crippen LogP contribution in [-0.4, -0.2) is 30.4 Å². The number of nitrogens with two attached hydrogens (primary N) is 2. The van der Waals surface area contributed by atoms with E-state index in [0.717, 1.165) is 0 Å². The molecule has 0 aromatic heterocycles. The minimum atomic E-state index is -0.720. The number of amides is 2.